The highest BCUT2D eigenvalue weighted by Crippen LogP contribution is 2.48. The van der Waals surface area contributed by atoms with E-state index < -0.39 is 5.41 Å². The quantitative estimate of drug-likeness (QED) is 0.774. The van der Waals surface area contributed by atoms with Crippen LogP contribution in [0.4, 0.5) is 4.39 Å². The molecule has 0 saturated heterocycles. The van der Waals surface area contributed by atoms with E-state index in [1.807, 2.05) is 12.1 Å². The second kappa shape index (κ2) is 6.08. The molecule has 1 N–H and O–H groups in total. The molecular formula is C18H16FN5O. The van der Waals surface area contributed by atoms with Crippen LogP contribution in [0.2, 0.25) is 0 Å². The molecule has 1 amide bonds. The average molecular weight is 337 g/mol. The summed E-state index contributed by atoms with van der Waals surface area (Å²) >= 11 is 0. The molecular weight excluding hydrogens is 321 g/mol. The summed E-state index contributed by atoms with van der Waals surface area (Å²) in [6.45, 7) is 0.298. The minimum absolute atomic E-state index is 0.0578. The van der Waals surface area contributed by atoms with Crippen LogP contribution in [-0.4, -0.2) is 25.9 Å². The molecule has 4 rings (SSSR count). The number of amides is 1. The first-order valence-electron chi connectivity index (χ1n) is 8.03. The van der Waals surface area contributed by atoms with Gasteiger partial charge in [-0.2, -0.15) is 0 Å². The lowest BCUT2D eigenvalue weighted by Gasteiger charge is -2.15. The molecule has 0 spiro atoms. The fraction of sp³-hybridized carbons (Fsp3) is 0.222. The van der Waals surface area contributed by atoms with E-state index in [0.29, 0.717) is 12.2 Å². The molecule has 1 aromatic carbocycles. The van der Waals surface area contributed by atoms with Crippen molar-refractivity contribution in [1.82, 2.24) is 25.3 Å². The standard InChI is InChI=1S/C18H16FN5O/c19-14-3-1-13(2-4-14)18(7-8-18)17(25)21-11-15-12-24(23-22-15)16-5-9-20-10-6-16/h1-6,9-10,12H,7-8,11H2,(H,21,25). The van der Waals surface area contributed by atoms with Crippen LogP contribution in [0.5, 0.6) is 0 Å². The SMILES string of the molecule is O=C(NCc1cn(-c2ccncc2)nn1)C1(c2ccc(F)cc2)CC1. The van der Waals surface area contributed by atoms with Gasteiger partial charge >= 0.3 is 0 Å². The van der Waals surface area contributed by atoms with Crippen LogP contribution in [0.3, 0.4) is 0 Å². The van der Waals surface area contributed by atoms with Gasteiger partial charge in [0, 0.05) is 12.4 Å². The maximum atomic E-state index is 13.1. The Balaban J connectivity index is 1.43. The zero-order valence-electron chi connectivity index (χ0n) is 13.4. The number of nitrogens with zero attached hydrogens (tertiary/aromatic N) is 4. The van der Waals surface area contributed by atoms with E-state index in [2.05, 4.69) is 20.6 Å². The van der Waals surface area contributed by atoms with E-state index in [1.165, 1.54) is 12.1 Å². The highest BCUT2D eigenvalue weighted by Gasteiger charge is 2.51. The lowest BCUT2D eigenvalue weighted by atomic mass is 9.95. The Kier molecular flexibility index (Phi) is 3.76. The molecule has 25 heavy (non-hydrogen) atoms. The molecule has 1 aliphatic carbocycles. The van der Waals surface area contributed by atoms with Crippen molar-refractivity contribution in [1.29, 1.82) is 0 Å². The maximum absolute atomic E-state index is 13.1. The van der Waals surface area contributed by atoms with E-state index in [1.54, 1.807) is 35.4 Å². The smallest absolute Gasteiger partial charge is 0.230 e. The van der Waals surface area contributed by atoms with Crippen molar-refractivity contribution in [3.8, 4) is 5.69 Å². The molecule has 2 aromatic heterocycles. The van der Waals surface area contributed by atoms with Crippen molar-refractivity contribution in [2.24, 2.45) is 0 Å². The third-order valence-corrected chi connectivity index (χ3v) is 4.48. The van der Waals surface area contributed by atoms with Crippen molar-refractivity contribution in [3.05, 3.63) is 72.1 Å². The third-order valence-electron chi connectivity index (χ3n) is 4.48. The Morgan fingerprint density at radius 3 is 2.56 bits per heavy atom. The van der Waals surface area contributed by atoms with Crippen LogP contribution in [0.25, 0.3) is 5.69 Å². The second-order valence-corrected chi connectivity index (χ2v) is 6.13. The Morgan fingerprint density at radius 1 is 1.16 bits per heavy atom. The molecule has 0 radical (unpaired) electrons. The second-order valence-electron chi connectivity index (χ2n) is 6.13. The number of pyridine rings is 1. The van der Waals surface area contributed by atoms with Gasteiger partial charge in [0.2, 0.25) is 5.91 Å². The van der Waals surface area contributed by atoms with Crippen LogP contribution in [-0.2, 0) is 16.8 Å². The van der Waals surface area contributed by atoms with Crippen LogP contribution in [0.15, 0.2) is 55.0 Å². The molecule has 0 aliphatic heterocycles. The van der Waals surface area contributed by atoms with E-state index in [9.17, 15) is 9.18 Å². The predicted molar refractivity (Wildman–Crippen MR) is 88.3 cm³/mol. The number of rotatable bonds is 5. The fourth-order valence-corrected chi connectivity index (χ4v) is 2.88. The molecule has 6 nitrogen and oxygen atoms in total. The average Bonchev–Trinajstić information content (AvgIpc) is 3.32. The summed E-state index contributed by atoms with van der Waals surface area (Å²) < 4.78 is 14.7. The molecule has 0 atom stereocenters. The molecule has 0 bridgehead atoms. The number of nitrogens with one attached hydrogen (secondary N) is 1. The zero-order valence-corrected chi connectivity index (χ0v) is 13.4. The minimum Gasteiger partial charge on any atom is -0.350 e. The summed E-state index contributed by atoms with van der Waals surface area (Å²) in [6, 6.07) is 9.80. The van der Waals surface area contributed by atoms with Gasteiger partial charge in [-0.25, -0.2) is 9.07 Å². The number of carbonyl (C=O) groups is 1. The lowest BCUT2D eigenvalue weighted by molar-refractivity contribution is -0.123. The molecule has 1 saturated carbocycles. The topological polar surface area (TPSA) is 72.7 Å². The van der Waals surface area contributed by atoms with E-state index in [0.717, 1.165) is 24.1 Å². The zero-order chi connectivity index (χ0) is 17.3. The Labute approximate surface area is 143 Å². The van der Waals surface area contributed by atoms with E-state index in [4.69, 9.17) is 0 Å². The third kappa shape index (κ3) is 3.00. The van der Waals surface area contributed by atoms with Gasteiger partial charge in [-0.1, -0.05) is 17.3 Å². The van der Waals surface area contributed by atoms with Gasteiger partial charge in [-0.3, -0.25) is 9.78 Å². The summed E-state index contributed by atoms with van der Waals surface area (Å²) in [4.78, 5) is 16.6. The molecule has 2 heterocycles. The summed E-state index contributed by atoms with van der Waals surface area (Å²) in [6.07, 6.45) is 6.67. The number of halogens is 1. The molecule has 1 aliphatic rings. The monoisotopic (exact) mass is 337 g/mol. The minimum atomic E-state index is -0.533. The first-order chi connectivity index (χ1) is 12.2. The normalized spacial score (nSPS) is 14.9. The number of hydrogen-bond acceptors (Lipinski definition) is 4. The van der Waals surface area contributed by atoms with Crippen molar-refractivity contribution >= 4 is 5.91 Å². The Bertz CT molecular complexity index is 887. The maximum Gasteiger partial charge on any atom is 0.230 e. The van der Waals surface area contributed by atoms with Crippen molar-refractivity contribution in [2.75, 3.05) is 0 Å². The van der Waals surface area contributed by atoms with Crippen LogP contribution in [0, 0.1) is 5.82 Å². The van der Waals surface area contributed by atoms with Crippen molar-refractivity contribution in [2.45, 2.75) is 24.8 Å². The number of aromatic nitrogens is 4. The first kappa shape index (κ1) is 15.4. The van der Waals surface area contributed by atoms with Crippen LogP contribution >= 0.6 is 0 Å². The molecule has 3 aromatic rings. The first-order valence-corrected chi connectivity index (χ1v) is 8.03. The predicted octanol–water partition coefficient (Wildman–Crippen LogP) is 2.15. The Hall–Kier alpha value is -3.09. The summed E-state index contributed by atoms with van der Waals surface area (Å²) in [5, 5.41) is 11.1. The van der Waals surface area contributed by atoms with Crippen LogP contribution < -0.4 is 5.32 Å². The molecule has 0 unspecified atom stereocenters. The van der Waals surface area contributed by atoms with E-state index >= 15 is 0 Å². The molecule has 126 valence electrons. The van der Waals surface area contributed by atoms with Gasteiger partial charge in [-0.05, 0) is 42.7 Å². The highest BCUT2D eigenvalue weighted by molar-refractivity contribution is 5.91. The van der Waals surface area contributed by atoms with Crippen LogP contribution in [0.1, 0.15) is 24.1 Å². The fourth-order valence-electron chi connectivity index (χ4n) is 2.88. The number of hydrogen-bond donors (Lipinski definition) is 1. The van der Waals surface area contributed by atoms with Crippen molar-refractivity contribution < 1.29 is 9.18 Å². The number of benzene rings is 1. The Morgan fingerprint density at radius 2 is 1.88 bits per heavy atom. The summed E-state index contributed by atoms with van der Waals surface area (Å²) in [5.74, 6) is -0.356. The van der Waals surface area contributed by atoms with Gasteiger partial charge < -0.3 is 5.32 Å². The summed E-state index contributed by atoms with van der Waals surface area (Å²) in [5.41, 5.74) is 1.84. The lowest BCUT2D eigenvalue weighted by Crippen LogP contribution is -2.34. The largest absolute Gasteiger partial charge is 0.350 e. The van der Waals surface area contributed by atoms with Crippen molar-refractivity contribution in [3.63, 3.8) is 0 Å². The molecule has 1 fully saturated rings. The van der Waals surface area contributed by atoms with E-state index in [-0.39, 0.29) is 11.7 Å². The molecule has 7 heteroatoms. The summed E-state index contributed by atoms with van der Waals surface area (Å²) in [7, 11) is 0. The highest BCUT2D eigenvalue weighted by atomic mass is 19.1. The van der Waals surface area contributed by atoms with Gasteiger partial charge in [0.15, 0.2) is 0 Å². The van der Waals surface area contributed by atoms with Gasteiger partial charge in [0.05, 0.1) is 23.8 Å². The van der Waals surface area contributed by atoms with Gasteiger partial charge in [-0.15, -0.1) is 5.10 Å². The van der Waals surface area contributed by atoms with Gasteiger partial charge in [0.25, 0.3) is 0 Å². The van der Waals surface area contributed by atoms with Gasteiger partial charge in [0.1, 0.15) is 11.5 Å². The number of carbonyl (C=O) groups excluding carboxylic acids is 1.